The monoisotopic (exact) mass is 344 g/mol. The highest BCUT2D eigenvalue weighted by atomic mass is 32.1. The average Bonchev–Trinajstić information content (AvgIpc) is 3.02. The summed E-state index contributed by atoms with van der Waals surface area (Å²) in [6.45, 7) is 5.75. The molecule has 0 bridgehead atoms. The maximum Gasteiger partial charge on any atom is 0.251 e. The predicted octanol–water partition coefficient (Wildman–Crippen LogP) is 2.09. The van der Waals surface area contributed by atoms with Crippen LogP contribution in [0, 0.1) is 6.92 Å². The molecule has 0 saturated carbocycles. The molecular formula is C18H24N4OS. The first-order valence-electron chi connectivity index (χ1n) is 8.22. The van der Waals surface area contributed by atoms with E-state index in [9.17, 15) is 4.79 Å². The maximum atomic E-state index is 12.5. The standard InChI is InChI=1S/C18H24N4OS/c1-13-20-17(12-24-13)14-5-4-6-15(9-14)18(23)19-10-16-11-21(2)7-8-22(16)3/h4-6,9,12,16H,7-8,10-11H2,1-3H3,(H,19,23)/t16-/m0/s1. The van der Waals surface area contributed by atoms with Crippen LogP contribution in [0.4, 0.5) is 0 Å². The highest BCUT2D eigenvalue weighted by molar-refractivity contribution is 7.09. The second-order valence-corrected chi connectivity index (χ2v) is 7.50. The fourth-order valence-electron chi connectivity index (χ4n) is 2.95. The molecule has 1 aromatic heterocycles. The molecule has 3 rings (SSSR count). The lowest BCUT2D eigenvalue weighted by atomic mass is 10.1. The van der Waals surface area contributed by atoms with Crippen molar-refractivity contribution >= 4 is 17.2 Å². The van der Waals surface area contributed by atoms with E-state index in [0.717, 1.165) is 35.9 Å². The zero-order valence-corrected chi connectivity index (χ0v) is 15.3. The second kappa shape index (κ2) is 7.42. The Bertz CT molecular complexity index is 715. The van der Waals surface area contributed by atoms with Crippen LogP contribution in [0.2, 0.25) is 0 Å². The SMILES string of the molecule is Cc1nc(-c2cccc(C(=O)NC[C@H]3CN(C)CCN3C)c2)cs1. The van der Waals surface area contributed by atoms with Crippen molar-refractivity contribution in [3.8, 4) is 11.3 Å². The van der Waals surface area contributed by atoms with Gasteiger partial charge in [-0.15, -0.1) is 11.3 Å². The molecule has 0 aliphatic carbocycles. The predicted molar refractivity (Wildman–Crippen MR) is 98.5 cm³/mol. The zero-order valence-electron chi connectivity index (χ0n) is 14.5. The number of hydrogen-bond acceptors (Lipinski definition) is 5. The number of carbonyl (C=O) groups is 1. The Morgan fingerprint density at radius 1 is 1.38 bits per heavy atom. The minimum Gasteiger partial charge on any atom is -0.350 e. The number of nitrogens with zero attached hydrogens (tertiary/aromatic N) is 3. The molecule has 1 N–H and O–H groups in total. The molecule has 0 unspecified atom stereocenters. The summed E-state index contributed by atoms with van der Waals surface area (Å²) >= 11 is 1.62. The lowest BCUT2D eigenvalue weighted by Crippen LogP contribution is -2.54. The van der Waals surface area contributed by atoms with Crippen molar-refractivity contribution < 1.29 is 4.79 Å². The van der Waals surface area contributed by atoms with E-state index in [4.69, 9.17) is 0 Å². The van der Waals surface area contributed by atoms with Gasteiger partial charge in [0.15, 0.2) is 0 Å². The molecule has 0 radical (unpaired) electrons. The van der Waals surface area contributed by atoms with Crippen LogP contribution in [0.15, 0.2) is 29.6 Å². The smallest absolute Gasteiger partial charge is 0.251 e. The van der Waals surface area contributed by atoms with Gasteiger partial charge in [-0.25, -0.2) is 4.98 Å². The molecule has 2 aromatic rings. The average molecular weight is 344 g/mol. The highest BCUT2D eigenvalue weighted by Crippen LogP contribution is 2.22. The molecule has 1 atom stereocenters. The number of hydrogen-bond donors (Lipinski definition) is 1. The first-order valence-corrected chi connectivity index (χ1v) is 9.10. The van der Waals surface area contributed by atoms with Crippen LogP contribution in [-0.2, 0) is 0 Å². The lowest BCUT2D eigenvalue weighted by molar-refractivity contribution is 0.0881. The minimum absolute atomic E-state index is 0.0228. The van der Waals surface area contributed by atoms with Gasteiger partial charge < -0.3 is 10.2 Å². The fraction of sp³-hybridized carbons (Fsp3) is 0.444. The van der Waals surface area contributed by atoms with E-state index in [1.165, 1.54) is 0 Å². The van der Waals surface area contributed by atoms with Crippen LogP contribution in [0.25, 0.3) is 11.3 Å². The van der Waals surface area contributed by atoms with Gasteiger partial charge in [-0.05, 0) is 33.2 Å². The molecule has 1 aliphatic rings. The first kappa shape index (κ1) is 17.1. The van der Waals surface area contributed by atoms with Crippen molar-refractivity contribution in [3.63, 3.8) is 0 Å². The Balaban J connectivity index is 1.65. The van der Waals surface area contributed by atoms with E-state index in [1.807, 2.05) is 36.6 Å². The van der Waals surface area contributed by atoms with E-state index in [1.54, 1.807) is 11.3 Å². The van der Waals surface area contributed by atoms with E-state index in [0.29, 0.717) is 18.2 Å². The van der Waals surface area contributed by atoms with Gasteiger partial charge in [-0.2, -0.15) is 0 Å². The van der Waals surface area contributed by atoms with Gasteiger partial charge in [-0.3, -0.25) is 9.69 Å². The Morgan fingerprint density at radius 3 is 2.96 bits per heavy atom. The maximum absolute atomic E-state index is 12.5. The number of likely N-dealkylation sites (N-methyl/N-ethyl adjacent to an activating group) is 2. The van der Waals surface area contributed by atoms with E-state index < -0.39 is 0 Å². The molecule has 5 nitrogen and oxygen atoms in total. The summed E-state index contributed by atoms with van der Waals surface area (Å²) < 4.78 is 0. The van der Waals surface area contributed by atoms with Crippen LogP contribution >= 0.6 is 11.3 Å². The van der Waals surface area contributed by atoms with Gasteiger partial charge in [0.2, 0.25) is 0 Å². The summed E-state index contributed by atoms with van der Waals surface area (Å²) in [5, 5.41) is 6.14. The van der Waals surface area contributed by atoms with Crippen molar-refractivity contribution in [2.24, 2.45) is 0 Å². The molecule has 1 saturated heterocycles. The molecule has 1 amide bonds. The number of piperazine rings is 1. The van der Waals surface area contributed by atoms with Crippen molar-refractivity contribution in [2.45, 2.75) is 13.0 Å². The van der Waals surface area contributed by atoms with Crippen LogP contribution in [0.1, 0.15) is 15.4 Å². The third-order valence-corrected chi connectivity index (χ3v) is 5.29. The summed E-state index contributed by atoms with van der Waals surface area (Å²) in [5.41, 5.74) is 2.60. The van der Waals surface area contributed by atoms with Crippen LogP contribution in [-0.4, -0.2) is 67.0 Å². The second-order valence-electron chi connectivity index (χ2n) is 6.44. The van der Waals surface area contributed by atoms with Gasteiger partial charge in [-0.1, -0.05) is 12.1 Å². The summed E-state index contributed by atoms with van der Waals surface area (Å²) in [7, 11) is 4.25. The molecule has 1 aliphatic heterocycles. The number of nitrogens with one attached hydrogen (secondary N) is 1. The molecule has 128 valence electrons. The van der Waals surface area contributed by atoms with Crippen molar-refractivity contribution in [3.05, 3.63) is 40.2 Å². The molecule has 24 heavy (non-hydrogen) atoms. The van der Waals surface area contributed by atoms with Gasteiger partial charge in [0.05, 0.1) is 10.7 Å². The number of thiazole rings is 1. The van der Waals surface area contributed by atoms with Gasteiger partial charge in [0.25, 0.3) is 5.91 Å². The summed E-state index contributed by atoms with van der Waals surface area (Å²) in [6, 6.07) is 8.04. The van der Waals surface area contributed by atoms with Crippen molar-refractivity contribution in [1.29, 1.82) is 0 Å². The van der Waals surface area contributed by atoms with Crippen molar-refractivity contribution in [2.75, 3.05) is 40.3 Å². The van der Waals surface area contributed by atoms with Gasteiger partial charge >= 0.3 is 0 Å². The molecule has 1 aromatic carbocycles. The highest BCUT2D eigenvalue weighted by Gasteiger charge is 2.22. The first-order chi connectivity index (χ1) is 11.5. The quantitative estimate of drug-likeness (QED) is 0.923. The molecule has 1 fully saturated rings. The fourth-order valence-corrected chi connectivity index (χ4v) is 3.57. The Hall–Kier alpha value is -1.76. The van der Waals surface area contributed by atoms with Crippen LogP contribution in [0.5, 0.6) is 0 Å². The van der Waals surface area contributed by atoms with Gasteiger partial charge in [0, 0.05) is 48.7 Å². The minimum atomic E-state index is -0.0228. The van der Waals surface area contributed by atoms with E-state index >= 15 is 0 Å². The molecule has 2 heterocycles. The topological polar surface area (TPSA) is 48.5 Å². The largest absolute Gasteiger partial charge is 0.350 e. The summed E-state index contributed by atoms with van der Waals surface area (Å²) in [5.74, 6) is -0.0228. The molecule has 6 heteroatoms. The molecule has 0 spiro atoms. The third kappa shape index (κ3) is 4.01. The van der Waals surface area contributed by atoms with E-state index in [-0.39, 0.29) is 5.91 Å². The summed E-state index contributed by atoms with van der Waals surface area (Å²) in [4.78, 5) is 21.6. The third-order valence-electron chi connectivity index (χ3n) is 4.52. The number of carbonyl (C=O) groups excluding carboxylic acids is 1. The van der Waals surface area contributed by atoms with Crippen molar-refractivity contribution in [1.82, 2.24) is 20.1 Å². The summed E-state index contributed by atoms with van der Waals surface area (Å²) in [6.07, 6.45) is 0. The number of amides is 1. The van der Waals surface area contributed by atoms with Gasteiger partial charge in [0.1, 0.15) is 0 Å². The lowest BCUT2D eigenvalue weighted by Gasteiger charge is -2.37. The number of aryl methyl sites for hydroxylation is 1. The van der Waals surface area contributed by atoms with E-state index in [2.05, 4.69) is 34.2 Å². The normalized spacial score (nSPS) is 19.4. The molecular weight excluding hydrogens is 320 g/mol. The Kier molecular flexibility index (Phi) is 5.28. The Labute approximate surface area is 147 Å². The number of aromatic nitrogens is 1. The van der Waals surface area contributed by atoms with Crippen LogP contribution in [0.3, 0.4) is 0 Å². The zero-order chi connectivity index (χ0) is 17.1. The Morgan fingerprint density at radius 2 is 2.21 bits per heavy atom. The van der Waals surface area contributed by atoms with Crippen LogP contribution < -0.4 is 5.32 Å². The number of rotatable bonds is 4. The number of benzene rings is 1.